The molecule has 2 aliphatic rings. The first-order valence-electron chi connectivity index (χ1n) is 6.91. The quantitative estimate of drug-likeness (QED) is 0.848. The summed E-state index contributed by atoms with van der Waals surface area (Å²) in [5, 5.41) is 3.10. The average molecular weight is 260 g/mol. The van der Waals surface area contributed by atoms with E-state index in [9.17, 15) is 4.79 Å². The van der Waals surface area contributed by atoms with Crippen molar-refractivity contribution in [2.75, 3.05) is 18.8 Å². The number of aromatic nitrogens is 1. The molecule has 2 heterocycles. The summed E-state index contributed by atoms with van der Waals surface area (Å²) in [5.74, 6) is 0.357. The molecule has 1 aromatic heterocycles. The molecule has 1 unspecified atom stereocenters. The van der Waals surface area contributed by atoms with Crippen molar-refractivity contribution < 1.29 is 4.79 Å². The van der Waals surface area contributed by atoms with Crippen LogP contribution in [0.4, 0.5) is 5.82 Å². The maximum atomic E-state index is 12.2. The molecule has 3 N–H and O–H groups in total. The van der Waals surface area contributed by atoms with E-state index >= 15 is 0 Å². The zero-order valence-electron chi connectivity index (χ0n) is 11.2. The second-order valence-electron chi connectivity index (χ2n) is 5.61. The van der Waals surface area contributed by atoms with Gasteiger partial charge in [0.05, 0.1) is 0 Å². The summed E-state index contributed by atoms with van der Waals surface area (Å²) in [6.45, 7) is 3.93. The van der Waals surface area contributed by atoms with Crippen LogP contribution >= 0.6 is 0 Å². The molecule has 102 valence electrons. The van der Waals surface area contributed by atoms with Gasteiger partial charge in [0, 0.05) is 36.4 Å². The predicted molar refractivity (Wildman–Crippen MR) is 73.9 cm³/mol. The Kier molecular flexibility index (Phi) is 3.14. The van der Waals surface area contributed by atoms with E-state index in [2.05, 4.69) is 15.2 Å². The summed E-state index contributed by atoms with van der Waals surface area (Å²) in [6.07, 6.45) is 3.68. The molecule has 3 rings (SSSR count). The first kappa shape index (κ1) is 12.4. The van der Waals surface area contributed by atoms with Crippen molar-refractivity contribution in [1.29, 1.82) is 0 Å². The molecule has 0 radical (unpaired) electrons. The van der Waals surface area contributed by atoms with Crippen LogP contribution in [0.1, 0.15) is 35.3 Å². The number of likely N-dealkylation sites (tertiary alicyclic amines) is 1. The van der Waals surface area contributed by atoms with Gasteiger partial charge in [0.2, 0.25) is 0 Å². The Balaban J connectivity index is 1.61. The van der Waals surface area contributed by atoms with Crippen LogP contribution in [0.5, 0.6) is 0 Å². The van der Waals surface area contributed by atoms with E-state index in [0.29, 0.717) is 11.4 Å². The standard InChI is InChI=1S/C14H20N4O/c1-9-6-10(7-13(15)16-9)14(19)17-11-4-5-18(8-11)12-2-3-12/h6-7,11-12H,2-5,8H2,1H3,(H2,15,16)(H,17,19). The molecule has 1 saturated heterocycles. The predicted octanol–water partition coefficient (Wildman–Crippen LogP) is 0.939. The lowest BCUT2D eigenvalue weighted by Crippen LogP contribution is -2.37. The summed E-state index contributed by atoms with van der Waals surface area (Å²) in [7, 11) is 0. The van der Waals surface area contributed by atoms with Crippen LogP contribution in [0.25, 0.3) is 0 Å². The Morgan fingerprint density at radius 2 is 2.21 bits per heavy atom. The zero-order valence-corrected chi connectivity index (χ0v) is 11.2. The highest BCUT2D eigenvalue weighted by molar-refractivity contribution is 5.95. The van der Waals surface area contributed by atoms with Gasteiger partial charge in [0.15, 0.2) is 0 Å². The van der Waals surface area contributed by atoms with Crippen LogP contribution in [0.3, 0.4) is 0 Å². The van der Waals surface area contributed by atoms with Gasteiger partial charge in [-0.05, 0) is 38.3 Å². The topological polar surface area (TPSA) is 71.2 Å². The molecule has 5 heteroatoms. The Hall–Kier alpha value is -1.62. The monoisotopic (exact) mass is 260 g/mol. The SMILES string of the molecule is Cc1cc(C(=O)NC2CCN(C3CC3)C2)cc(N)n1. The van der Waals surface area contributed by atoms with Crippen molar-refractivity contribution in [2.45, 2.75) is 38.3 Å². The summed E-state index contributed by atoms with van der Waals surface area (Å²) < 4.78 is 0. The highest BCUT2D eigenvalue weighted by Crippen LogP contribution is 2.29. The number of nitrogens with two attached hydrogens (primary N) is 1. The number of amides is 1. The molecule has 1 aliphatic heterocycles. The van der Waals surface area contributed by atoms with Crippen molar-refractivity contribution in [1.82, 2.24) is 15.2 Å². The van der Waals surface area contributed by atoms with Crippen LogP contribution in [0.2, 0.25) is 0 Å². The van der Waals surface area contributed by atoms with Gasteiger partial charge in [-0.15, -0.1) is 0 Å². The minimum Gasteiger partial charge on any atom is -0.384 e. The van der Waals surface area contributed by atoms with Gasteiger partial charge in [-0.1, -0.05) is 0 Å². The van der Waals surface area contributed by atoms with Crippen molar-refractivity contribution in [3.63, 3.8) is 0 Å². The third kappa shape index (κ3) is 2.87. The fraction of sp³-hybridized carbons (Fsp3) is 0.571. The third-order valence-electron chi connectivity index (χ3n) is 3.85. The molecule has 1 atom stereocenters. The van der Waals surface area contributed by atoms with Crippen molar-refractivity contribution in [2.24, 2.45) is 0 Å². The van der Waals surface area contributed by atoms with Crippen molar-refractivity contribution in [3.8, 4) is 0 Å². The Bertz CT molecular complexity index is 478. The van der Waals surface area contributed by atoms with Crippen LogP contribution in [-0.4, -0.2) is 41.0 Å². The first-order valence-corrected chi connectivity index (χ1v) is 6.91. The summed E-state index contributed by atoms with van der Waals surface area (Å²) in [5.41, 5.74) is 7.06. The molecule has 0 aromatic carbocycles. The summed E-state index contributed by atoms with van der Waals surface area (Å²) in [6, 6.07) is 4.46. The number of hydrogen-bond acceptors (Lipinski definition) is 4. The average Bonchev–Trinajstić information content (AvgIpc) is 3.09. The molecule has 0 bridgehead atoms. The van der Waals surface area contributed by atoms with Crippen LogP contribution in [-0.2, 0) is 0 Å². The number of hydrogen-bond donors (Lipinski definition) is 2. The van der Waals surface area contributed by atoms with Crippen LogP contribution in [0.15, 0.2) is 12.1 Å². The maximum absolute atomic E-state index is 12.2. The molecular weight excluding hydrogens is 240 g/mol. The molecule has 19 heavy (non-hydrogen) atoms. The lowest BCUT2D eigenvalue weighted by molar-refractivity contribution is 0.0937. The molecule has 1 aromatic rings. The van der Waals surface area contributed by atoms with E-state index in [1.165, 1.54) is 12.8 Å². The number of anilines is 1. The van der Waals surface area contributed by atoms with Crippen molar-refractivity contribution >= 4 is 11.7 Å². The molecule has 1 aliphatic carbocycles. The Labute approximate surface area is 113 Å². The highest BCUT2D eigenvalue weighted by Gasteiger charge is 2.34. The Morgan fingerprint density at radius 3 is 2.89 bits per heavy atom. The molecule has 2 fully saturated rings. The van der Waals surface area contributed by atoms with E-state index in [1.54, 1.807) is 12.1 Å². The molecule has 1 amide bonds. The van der Waals surface area contributed by atoms with Gasteiger partial charge < -0.3 is 11.1 Å². The fourth-order valence-electron chi connectivity index (χ4n) is 2.77. The van der Waals surface area contributed by atoms with Gasteiger partial charge in [-0.3, -0.25) is 9.69 Å². The van der Waals surface area contributed by atoms with Crippen LogP contribution < -0.4 is 11.1 Å². The fourth-order valence-corrected chi connectivity index (χ4v) is 2.77. The summed E-state index contributed by atoms with van der Waals surface area (Å²) in [4.78, 5) is 18.7. The smallest absolute Gasteiger partial charge is 0.251 e. The molecular formula is C14H20N4O. The van der Waals surface area contributed by atoms with E-state index in [1.807, 2.05) is 6.92 Å². The maximum Gasteiger partial charge on any atom is 0.251 e. The molecule has 5 nitrogen and oxygen atoms in total. The minimum absolute atomic E-state index is 0.0418. The number of nitrogen functional groups attached to an aromatic ring is 1. The van der Waals surface area contributed by atoms with E-state index in [-0.39, 0.29) is 11.9 Å². The zero-order chi connectivity index (χ0) is 13.4. The Morgan fingerprint density at radius 1 is 1.42 bits per heavy atom. The minimum atomic E-state index is -0.0418. The van der Waals surface area contributed by atoms with Crippen molar-refractivity contribution in [3.05, 3.63) is 23.4 Å². The highest BCUT2D eigenvalue weighted by atomic mass is 16.1. The summed E-state index contributed by atoms with van der Waals surface area (Å²) >= 11 is 0. The van der Waals surface area contributed by atoms with Crippen LogP contribution in [0, 0.1) is 6.92 Å². The number of nitrogens with zero attached hydrogens (tertiary/aromatic N) is 2. The lowest BCUT2D eigenvalue weighted by atomic mass is 10.2. The normalized spacial score (nSPS) is 23.5. The molecule has 1 saturated carbocycles. The number of pyridine rings is 1. The van der Waals surface area contributed by atoms with E-state index in [4.69, 9.17) is 5.73 Å². The van der Waals surface area contributed by atoms with Gasteiger partial charge in [0.1, 0.15) is 5.82 Å². The van der Waals surface area contributed by atoms with E-state index in [0.717, 1.165) is 31.2 Å². The van der Waals surface area contributed by atoms with Gasteiger partial charge >= 0.3 is 0 Å². The second-order valence-corrected chi connectivity index (χ2v) is 5.61. The number of carbonyl (C=O) groups excluding carboxylic acids is 1. The largest absolute Gasteiger partial charge is 0.384 e. The number of nitrogens with one attached hydrogen (secondary N) is 1. The number of carbonyl (C=O) groups is 1. The third-order valence-corrected chi connectivity index (χ3v) is 3.85. The van der Waals surface area contributed by atoms with E-state index < -0.39 is 0 Å². The lowest BCUT2D eigenvalue weighted by Gasteiger charge is -2.16. The molecule has 0 spiro atoms. The second kappa shape index (κ2) is 4.81. The number of rotatable bonds is 3. The van der Waals surface area contributed by atoms with Gasteiger partial charge in [-0.2, -0.15) is 0 Å². The van der Waals surface area contributed by atoms with Gasteiger partial charge in [-0.25, -0.2) is 4.98 Å². The number of aryl methyl sites for hydroxylation is 1. The van der Waals surface area contributed by atoms with Gasteiger partial charge in [0.25, 0.3) is 5.91 Å². The first-order chi connectivity index (χ1) is 9.11.